The Morgan fingerprint density at radius 2 is 1.61 bits per heavy atom. The third kappa shape index (κ3) is 3.69. The number of nitrogens with zero attached hydrogens (tertiary/aromatic N) is 3. The number of hydrogen-bond acceptors (Lipinski definition) is 4. The van der Waals surface area contributed by atoms with Gasteiger partial charge in [-0.1, -0.05) is 36.4 Å². The highest BCUT2D eigenvalue weighted by Gasteiger charge is 2.22. The summed E-state index contributed by atoms with van der Waals surface area (Å²) in [7, 11) is 0. The van der Waals surface area contributed by atoms with Gasteiger partial charge in [0.05, 0.1) is 0 Å². The second-order valence-corrected chi connectivity index (χ2v) is 6.55. The molecule has 5 nitrogen and oxygen atoms in total. The molecule has 1 amide bonds. The highest BCUT2D eigenvalue weighted by Crippen LogP contribution is 2.25. The van der Waals surface area contributed by atoms with Crippen LogP contribution in [-0.4, -0.2) is 33.9 Å². The maximum Gasteiger partial charge on any atom is 0.272 e. The van der Waals surface area contributed by atoms with Gasteiger partial charge < -0.3 is 10.2 Å². The minimum atomic E-state index is -0.743. The predicted octanol–water partition coefficient (Wildman–Crippen LogP) is 4.40. The van der Waals surface area contributed by atoms with E-state index in [0.29, 0.717) is 24.5 Å². The minimum Gasteiger partial charge on any atom is -0.337 e. The first-order valence-electron chi connectivity index (χ1n) is 9.06. The van der Waals surface area contributed by atoms with Crippen molar-refractivity contribution in [3.05, 3.63) is 71.9 Å². The minimum absolute atomic E-state index is 0.153. The Hall–Kier alpha value is -3.35. The smallest absolute Gasteiger partial charge is 0.272 e. The summed E-state index contributed by atoms with van der Waals surface area (Å²) in [5, 5.41) is 2.66. The van der Waals surface area contributed by atoms with Gasteiger partial charge in [0, 0.05) is 24.7 Å². The zero-order valence-corrected chi connectivity index (χ0v) is 15.0. The van der Waals surface area contributed by atoms with Crippen molar-refractivity contribution in [3.8, 4) is 11.4 Å². The molecule has 0 unspecified atom stereocenters. The van der Waals surface area contributed by atoms with Crippen LogP contribution in [0.1, 0.15) is 23.3 Å². The van der Waals surface area contributed by atoms with Gasteiger partial charge in [-0.25, -0.2) is 18.7 Å². The lowest BCUT2D eigenvalue weighted by Gasteiger charge is -2.16. The van der Waals surface area contributed by atoms with Crippen molar-refractivity contribution >= 4 is 17.4 Å². The van der Waals surface area contributed by atoms with Crippen molar-refractivity contribution in [1.82, 2.24) is 14.9 Å². The number of nitrogens with one attached hydrogen (secondary N) is 1. The van der Waals surface area contributed by atoms with Crippen LogP contribution in [0.2, 0.25) is 0 Å². The van der Waals surface area contributed by atoms with Gasteiger partial charge in [0.25, 0.3) is 5.91 Å². The van der Waals surface area contributed by atoms with E-state index >= 15 is 0 Å². The number of aromatic nitrogens is 2. The maximum atomic E-state index is 14.0. The fraction of sp³-hybridized carbons (Fsp3) is 0.190. The van der Waals surface area contributed by atoms with Crippen LogP contribution in [0.4, 0.5) is 20.3 Å². The van der Waals surface area contributed by atoms with E-state index in [0.717, 1.165) is 25.0 Å². The van der Waals surface area contributed by atoms with E-state index in [9.17, 15) is 13.6 Å². The normalized spacial score (nSPS) is 13.6. The molecular weight excluding hydrogens is 362 g/mol. The number of carbonyl (C=O) groups is 1. The van der Waals surface area contributed by atoms with Crippen molar-refractivity contribution in [2.45, 2.75) is 12.8 Å². The van der Waals surface area contributed by atoms with Gasteiger partial charge in [-0.05, 0) is 25.0 Å². The number of likely N-dealkylation sites (tertiary alicyclic amines) is 1. The number of rotatable bonds is 4. The molecule has 0 saturated carbocycles. The number of benzene rings is 2. The molecule has 1 saturated heterocycles. The summed E-state index contributed by atoms with van der Waals surface area (Å²) in [6.45, 7) is 1.35. The molecule has 3 aromatic rings. The standard InChI is InChI=1S/C21H18F2N4O/c22-15-9-6-10-16(23)19(15)25-18-13-17(21(28)27-11-4-5-12-27)24-20(26-18)14-7-2-1-3-8-14/h1-3,6-10,13H,4-5,11-12H2,(H,24,25,26). The third-order valence-corrected chi connectivity index (χ3v) is 4.59. The van der Waals surface area contributed by atoms with Gasteiger partial charge in [-0.3, -0.25) is 4.79 Å². The van der Waals surface area contributed by atoms with E-state index in [2.05, 4.69) is 15.3 Å². The SMILES string of the molecule is O=C(c1cc(Nc2c(F)cccc2F)nc(-c2ccccc2)n1)N1CCCC1. The molecule has 28 heavy (non-hydrogen) atoms. The number of para-hydroxylation sites is 1. The maximum absolute atomic E-state index is 14.0. The number of hydrogen-bond donors (Lipinski definition) is 1. The van der Waals surface area contributed by atoms with Crippen LogP contribution in [-0.2, 0) is 0 Å². The molecule has 2 heterocycles. The molecule has 7 heteroatoms. The first-order chi connectivity index (χ1) is 13.6. The second kappa shape index (κ2) is 7.72. The van der Waals surface area contributed by atoms with Crippen LogP contribution < -0.4 is 5.32 Å². The summed E-state index contributed by atoms with van der Waals surface area (Å²) in [6, 6.07) is 14.2. The van der Waals surface area contributed by atoms with Gasteiger partial charge in [0.15, 0.2) is 5.82 Å². The van der Waals surface area contributed by atoms with E-state index in [-0.39, 0.29) is 23.1 Å². The lowest BCUT2D eigenvalue weighted by Crippen LogP contribution is -2.28. The molecule has 0 bridgehead atoms. The first kappa shape index (κ1) is 18.0. The molecule has 0 aliphatic carbocycles. The fourth-order valence-electron chi connectivity index (χ4n) is 3.16. The Labute approximate surface area is 161 Å². The van der Waals surface area contributed by atoms with Crippen molar-refractivity contribution in [2.24, 2.45) is 0 Å². The van der Waals surface area contributed by atoms with Crippen molar-refractivity contribution in [2.75, 3.05) is 18.4 Å². The largest absolute Gasteiger partial charge is 0.337 e. The zero-order chi connectivity index (χ0) is 19.5. The van der Waals surface area contributed by atoms with E-state index in [1.165, 1.54) is 12.1 Å². The van der Waals surface area contributed by atoms with E-state index in [4.69, 9.17) is 0 Å². The average molecular weight is 380 g/mol. The molecule has 4 rings (SSSR count). The third-order valence-electron chi connectivity index (χ3n) is 4.59. The molecule has 1 aliphatic rings. The van der Waals surface area contributed by atoms with E-state index in [1.807, 2.05) is 30.3 Å². The molecule has 1 aromatic heterocycles. The summed E-state index contributed by atoms with van der Waals surface area (Å²) < 4.78 is 28.1. The average Bonchev–Trinajstić information content (AvgIpc) is 3.26. The quantitative estimate of drug-likeness (QED) is 0.729. The van der Waals surface area contributed by atoms with Crippen molar-refractivity contribution in [1.29, 1.82) is 0 Å². The molecule has 0 spiro atoms. The van der Waals surface area contributed by atoms with Crippen LogP contribution >= 0.6 is 0 Å². The number of halogens is 2. The highest BCUT2D eigenvalue weighted by molar-refractivity contribution is 5.93. The molecule has 0 radical (unpaired) electrons. The topological polar surface area (TPSA) is 58.1 Å². The summed E-state index contributed by atoms with van der Waals surface area (Å²) >= 11 is 0. The Morgan fingerprint density at radius 1 is 0.929 bits per heavy atom. The Bertz CT molecular complexity index is 984. The number of anilines is 2. The van der Waals surface area contributed by atoms with Gasteiger partial charge in [-0.15, -0.1) is 0 Å². The summed E-state index contributed by atoms with van der Waals surface area (Å²) in [5.74, 6) is -1.24. The Kier molecular flexibility index (Phi) is 4.97. The predicted molar refractivity (Wildman–Crippen MR) is 102 cm³/mol. The summed E-state index contributed by atoms with van der Waals surface area (Å²) in [5.41, 5.74) is 0.574. The van der Waals surface area contributed by atoms with Gasteiger partial charge in [-0.2, -0.15) is 0 Å². The molecule has 142 valence electrons. The number of amides is 1. The fourth-order valence-corrected chi connectivity index (χ4v) is 3.16. The van der Waals surface area contributed by atoms with E-state index in [1.54, 1.807) is 4.90 Å². The van der Waals surface area contributed by atoms with Crippen LogP contribution in [0.15, 0.2) is 54.6 Å². The molecular formula is C21H18F2N4O. The Morgan fingerprint density at radius 3 is 2.29 bits per heavy atom. The molecule has 1 fully saturated rings. The van der Waals surface area contributed by atoms with Crippen molar-refractivity contribution < 1.29 is 13.6 Å². The van der Waals surface area contributed by atoms with E-state index < -0.39 is 11.6 Å². The van der Waals surface area contributed by atoms with Crippen LogP contribution in [0, 0.1) is 11.6 Å². The van der Waals surface area contributed by atoms with Crippen LogP contribution in [0.25, 0.3) is 11.4 Å². The zero-order valence-electron chi connectivity index (χ0n) is 15.0. The second-order valence-electron chi connectivity index (χ2n) is 6.55. The number of carbonyl (C=O) groups excluding carboxylic acids is 1. The van der Waals surface area contributed by atoms with Crippen LogP contribution in [0.3, 0.4) is 0 Å². The lowest BCUT2D eigenvalue weighted by molar-refractivity contribution is 0.0787. The van der Waals surface area contributed by atoms with Gasteiger partial charge in [0.1, 0.15) is 28.8 Å². The molecule has 1 aliphatic heterocycles. The first-order valence-corrected chi connectivity index (χ1v) is 9.06. The highest BCUT2D eigenvalue weighted by atomic mass is 19.1. The molecule has 2 aromatic carbocycles. The van der Waals surface area contributed by atoms with Crippen molar-refractivity contribution in [3.63, 3.8) is 0 Å². The summed E-state index contributed by atoms with van der Waals surface area (Å²) in [4.78, 5) is 23.3. The lowest BCUT2D eigenvalue weighted by atomic mass is 10.2. The van der Waals surface area contributed by atoms with Crippen LogP contribution in [0.5, 0.6) is 0 Å². The van der Waals surface area contributed by atoms with Gasteiger partial charge >= 0.3 is 0 Å². The Balaban J connectivity index is 1.76. The monoisotopic (exact) mass is 380 g/mol. The summed E-state index contributed by atoms with van der Waals surface area (Å²) in [6.07, 6.45) is 1.90. The van der Waals surface area contributed by atoms with Gasteiger partial charge in [0.2, 0.25) is 0 Å². The molecule has 1 N–H and O–H groups in total. The molecule has 0 atom stereocenters.